The van der Waals surface area contributed by atoms with Crippen molar-refractivity contribution in [1.82, 2.24) is 39.5 Å². The van der Waals surface area contributed by atoms with E-state index in [1.807, 2.05) is 15.5 Å². The first-order valence-electron chi connectivity index (χ1n) is 21.1. The number of carbonyl (C=O) groups is 4. The zero-order valence-electron chi connectivity index (χ0n) is 34.2. The van der Waals surface area contributed by atoms with Crippen molar-refractivity contribution in [3.8, 4) is 11.1 Å². The largest absolute Gasteiger partial charge is 0.365 e. The Labute approximate surface area is 364 Å². The number of amides is 5. The number of nitrogens with zero attached hydrogens (tertiary/aromatic N) is 9. The molecule has 63 heavy (non-hydrogen) atoms. The second-order valence-electron chi connectivity index (χ2n) is 16.6. The normalized spacial score (nSPS) is 20.8. The number of rotatable bonds is 10. The van der Waals surface area contributed by atoms with Crippen molar-refractivity contribution in [2.75, 3.05) is 60.9 Å². The second kappa shape index (κ2) is 16.5. The Bertz CT molecular complexity index is 2560. The highest BCUT2D eigenvalue weighted by Gasteiger charge is 2.48. The summed E-state index contributed by atoms with van der Waals surface area (Å²) in [5.41, 5.74) is 4.36. The molecule has 10 rings (SSSR count). The highest BCUT2D eigenvalue weighted by molar-refractivity contribution is 7.13. The smallest absolute Gasteiger partial charge is 0.329 e. The minimum Gasteiger partial charge on any atom is -0.365 e. The summed E-state index contributed by atoms with van der Waals surface area (Å²) >= 11 is 1.25. The molecular weight excluding hydrogens is 836 g/mol. The summed E-state index contributed by atoms with van der Waals surface area (Å²) in [5.74, 6) is -4.34. The van der Waals surface area contributed by atoms with Gasteiger partial charge in [-0.2, -0.15) is 0 Å². The van der Waals surface area contributed by atoms with Gasteiger partial charge in [-0.25, -0.2) is 32.9 Å². The maximum atomic E-state index is 15.9. The molecule has 3 fully saturated rings. The van der Waals surface area contributed by atoms with Crippen molar-refractivity contribution in [2.45, 2.75) is 63.3 Å². The zero-order chi connectivity index (χ0) is 43.4. The van der Waals surface area contributed by atoms with Crippen LogP contribution in [0.4, 0.5) is 34.6 Å². The monoisotopic (exact) mass is 879 g/mol. The average molecular weight is 880 g/mol. The minimum atomic E-state index is -2.97. The van der Waals surface area contributed by atoms with Crippen LogP contribution in [-0.4, -0.2) is 116 Å². The number of imide groups is 1. The van der Waals surface area contributed by atoms with Gasteiger partial charge in [-0.3, -0.25) is 39.7 Å². The van der Waals surface area contributed by atoms with Gasteiger partial charge in [0.1, 0.15) is 11.6 Å². The Kier molecular flexibility index (Phi) is 10.7. The molecule has 0 bridgehead atoms. The van der Waals surface area contributed by atoms with Gasteiger partial charge in [0.25, 0.3) is 17.7 Å². The molecule has 2 unspecified atom stereocenters. The van der Waals surface area contributed by atoms with Gasteiger partial charge in [-0.05, 0) is 66.3 Å². The van der Waals surface area contributed by atoms with Gasteiger partial charge in [0.15, 0.2) is 11.2 Å². The second-order valence-corrected chi connectivity index (χ2v) is 17.5. The van der Waals surface area contributed by atoms with Crippen molar-refractivity contribution >= 4 is 51.7 Å². The third kappa shape index (κ3) is 7.93. The molecule has 2 N–H and O–H groups in total. The number of urea groups is 1. The Balaban J connectivity index is 0.768. The number of benzene rings is 2. The standard InChI is InChI=1S/C44H44F3N11O4S/c45-33-21-29(20-31-32(33)24-58(41(31)61)39(40(60)52-42-48-11-19-63-42)38-34-2-1-12-56(34)26-50-38)28-4-6-30(7-5-28)55-13-9-35(44(46,47)25-55)54-17-15-53(16-18-54)23-27-3-8-36(49-22-27)57-14-10-37(59)51-43(57)62/h3-8,11,19-22,26,35,39H,1-2,9-10,12-18,23-25H2,(H,48,52,60)(H,51,59,62). The number of nitrogens with one attached hydrogen (secondary N) is 2. The molecule has 2 atom stereocenters. The van der Waals surface area contributed by atoms with Crippen LogP contribution in [0.25, 0.3) is 11.1 Å². The first-order valence-corrected chi connectivity index (χ1v) is 22.0. The topological polar surface area (TPSA) is 152 Å². The fraction of sp³-hybridized carbons (Fsp3) is 0.386. The number of alkyl halides is 2. The number of aromatic nitrogens is 4. The van der Waals surface area contributed by atoms with Crippen LogP contribution >= 0.6 is 11.3 Å². The van der Waals surface area contributed by atoms with Crippen LogP contribution in [-0.2, 0) is 35.6 Å². The summed E-state index contributed by atoms with van der Waals surface area (Å²) in [6, 6.07) is 11.2. The maximum Gasteiger partial charge on any atom is 0.329 e. The number of hydrogen-bond acceptors (Lipinski definition) is 11. The number of hydrogen-bond donors (Lipinski definition) is 2. The molecule has 3 saturated heterocycles. The van der Waals surface area contributed by atoms with Crippen LogP contribution in [0.5, 0.6) is 0 Å². The van der Waals surface area contributed by atoms with Gasteiger partial charge in [-0.15, -0.1) is 11.3 Å². The number of piperidine rings is 1. The van der Waals surface area contributed by atoms with Crippen LogP contribution in [0, 0.1) is 5.82 Å². The number of piperazine rings is 1. The Hall–Kier alpha value is -6.18. The molecule has 2 aromatic carbocycles. The zero-order valence-corrected chi connectivity index (χ0v) is 35.0. The van der Waals surface area contributed by atoms with Crippen molar-refractivity contribution in [2.24, 2.45) is 0 Å². The minimum absolute atomic E-state index is 0.109. The average Bonchev–Trinajstić information content (AvgIpc) is 4.10. The van der Waals surface area contributed by atoms with E-state index in [9.17, 15) is 19.2 Å². The molecule has 8 heterocycles. The number of anilines is 3. The number of pyridine rings is 1. The highest BCUT2D eigenvalue weighted by atomic mass is 32.1. The molecule has 5 aliphatic heterocycles. The molecule has 0 aliphatic carbocycles. The van der Waals surface area contributed by atoms with Crippen LogP contribution in [0.2, 0.25) is 0 Å². The Morgan fingerprint density at radius 2 is 1.76 bits per heavy atom. The van der Waals surface area contributed by atoms with Crippen molar-refractivity contribution in [3.63, 3.8) is 0 Å². The molecule has 326 valence electrons. The summed E-state index contributed by atoms with van der Waals surface area (Å²) in [5, 5.41) is 7.23. The SMILES string of the molecule is O=C1CCN(c2ccc(CN3CCN(C4CCN(c5ccc(-c6cc(F)c7c(c6)C(=O)N(C(C(=O)Nc6nccs6)c6ncn8c6CCC8)C7)cc5)CC4(F)F)CC3)cn2)C(=O)N1. The number of fused-ring (bicyclic) bond motifs is 2. The van der Waals surface area contributed by atoms with E-state index in [1.54, 1.807) is 65.4 Å². The molecule has 5 aliphatic rings. The molecule has 5 aromatic rings. The number of imidazole rings is 1. The summed E-state index contributed by atoms with van der Waals surface area (Å²) in [4.78, 5) is 73.4. The first-order chi connectivity index (χ1) is 30.5. The van der Waals surface area contributed by atoms with Crippen molar-refractivity contribution in [3.05, 3.63) is 107 Å². The molecule has 15 nitrogen and oxygen atoms in total. The quantitative estimate of drug-likeness (QED) is 0.189. The Morgan fingerprint density at radius 3 is 2.49 bits per heavy atom. The van der Waals surface area contributed by atoms with Crippen molar-refractivity contribution < 1.29 is 32.3 Å². The number of carbonyl (C=O) groups excluding carboxylic acids is 4. The van der Waals surface area contributed by atoms with Crippen LogP contribution in [0.15, 0.2) is 72.6 Å². The van der Waals surface area contributed by atoms with Crippen LogP contribution in [0.3, 0.4) is 0 Å². The van der Waals surface area contributed by atoms with Gasteiger partial charge in [0.2, 0.25) is 5.91 Å². The fourth-order valence-corrected chi connectivity index (χ4v) is 10.1. The number of halogens is 3. The van der Waals surface area contributed by atoms with E-state index in [2.05, 4.69) is 30.5 Å². The number of aryl methyl sites for hydroxylation is 1. The molecule has 0 radical (unpaired) electrons. The predicted octanol–water partition coefficient (Wildman–Crippen LogP) is 5.30. The van der Waals surface area contributed by atoms with E-state index in [4.69, 9.17) is 0 Å². The lowest BCUT2D eigenvalue weighted by Crippen LogP contribution is -2.61. The van der Waals surface area contributed by atoms with Gasteiger partial charge < -0.3 is 14.4 Å². The summed E-state index contributed by atoms with van der Waals surface area (Å²) in [7, 11) is 0. The third-order valence-electron chi connectivity index (χ3n) is 12.8. The molecule has 19 heteroatoms. The first kappa shape index (κ1) is 40.9. The molecular formula is C44H44F3N11O4S. The van der Waals surface area contributed by atoms with E-state index in [1.165, 1.54) is 27.2 Å². The van der Waals surface area contributed by atoms with Gasteiger partial charge in [0, 0.05) is 99.1 Å². The summed E-state index contributed by atoms with van der Waals surface area (Å²) in [6.45, 7) is 3.79. The lowest BCUT2D eigenvalue weighted by molar-refractivity contribution is -0.121. The molecule has 3 aromatic heterocycles. The fourth-order valence-electron chi connectivity index (χ4n) is 9.57. The summed E-state index contributed by atoms with van der Waals surface area (Å²) in [6.07, 6.45) is 7.06. The van der Waals surface area contributed by atoms with E-state index < -0.39 is 48.2 Å². The van der Waals surface area contributed by atoms with E-state index in [0.717, 1.165) is 24.2 Å². The van der Waals surface area contributed by atoms with Crippen LogP contribution in [0.1, 0.15) is 58.2 Å². The predicted molar refractivity (Wildman–Crippen MR) is 228 cm³/mol. The van der Waals surface area contributed by atoms with Crippen molar-refractivity contribution in [1.29, 1.82) is 0 Å². The Morgan fingerprint density at radius 1 is 0.937 bits per heavy atom. The highest BCUT2D eigenvalue weighted by Crippen LogP contribution is 2.39. The summed E-state index contributed by atoms with van der Waals surface area (Å²) < 4.78 is 49.8. The lowest BCUT2D eigenvalue weighted by Gasteiger charge is -2.47. The van der Waals surface area contributed by atoms with Gasteiger partial charge in [-0.1, -0.05) is 18.2 Å². The molecule has 5 amide bonds. The maximum absolute atomic E-state index is 15.9. The third-order valence-corrected chi connectivity index (χ3v) is 13.5. The van der Waals surface area contributed by atoms with Gasteiger partial charge in [0.05, 0.1) is 31.2 Å². The van der Waals surface area contributed by atoms with Crippen LogP contribution < -0.4 is 20.4 Å². The van der Waals surface area contributed by atoms with E-state index in [0.29, 0.717) is 79.1 Å². The number of thiazole rings is 1. The molecule has 0 saturated carbocycles. The lowest BCUT2D eigenvalue weighted by atomic mass is 9.96. The van der Waals surface area contributed by atoms with E-state index >= 15 is 13.2 Å². The van der Waals surface area contributed by atoms with E-state index in [-0.39, 0.29) is 43.0 Å². The van der Waals surface area contributed by atoms with Gasteiger partial charge >= 0.3 is 6.03 Å². The molecule has 0 spiro atoms.